The van der Waals surface area contributed by atoms with Crippen molar-refractivity contribution in [1.29, 1.82) is 0 Å². The van der Waals surface area contributed by atoms with Gasteiger partial charge in [-0.3, -0.25) is 0 Å². The van der Waals surface area contributed by atoms with Gasteiger partial charge >= 0.3 is 0 Å². The van der Waals surface area contributed by atoms with Crippen molar-refractivity contribution in [1.82, 2.24) is 0 Å². The lowest BCUT2D eigenvalue weighted by Crippen LogP contribution is -2.68. The van der Waals surface area contributed by atoms with Crippen molar-refractivity contribution >= 4 is 0 Å². The van der Waals surface area contributed by atoms with Crippen LogP contribution in [0, 0.1) is 11.3 Å². The second kappa shape index (κ2) is 2.01. The molecule has 64 valence electrons. The summed E-state index contributed by atoms with van der Waals surface area (Å²) >= 11 is 0. The summed E-state index contributed by atoms with van der Waals surface area (Å²) in [5.74, 6) is 0.866. The van der Waals surface area contributed by atoms with E-state index in [0.717, 1.165) is 11.3 Å². The molecule has 0 aromatic rings. The summed E-state index contributed by atoms with van der Waals surface area (Å²) < 4.78 is 5.45. The summed E-state index contributed by atoms with van der Waals surface area (Å²) in [6.07, 6.45) is 5.44. The molecule has 0 unspecified atom stereocenters. The molecule has 1 nitrogen and oxygen atoms in total. The first kappa shape index (κ1) is 7.60. The van der Waals surface area contributed by atoms with Crippen LogP contribution < -0.4 is 0 Å². The molecule has 3 saturated carbocycles. The molecule has 3 rings (SSSR count). The average Bonchev–Trinajstić information content (AvgIpc) is 1.74. The predicted octanol–water partition coefficient (Wildman–Crippen LogP) is 2.60. The zero-order chi connectivity index (χ0) is 8.11. The van der Waals surface area contributed by atoms with Gasteiger partial charge in [0, 0.05) is 7.11 Å². The van der Waals surface area contributed by atoms with Crippen molar-refractivity contribution in [3.8, 4) is 0 Å². The fourth-order valence-electron chi connectivity index (χ4n) is 3.19. The van der Waals surface area contributed by atoms with Gasteiger partial charge < -0.3 is 4.74 Å². The summed E-state index contributed by atoms with van der Waals surface area (Å²) in [7, 11) is 1.86. The Hall–Kier alpha value is -0.0400. The van der Waals surface area contributed by atoms with Gasteiger partial charge in [-0.1, -0.05) is 13.8 Å². The van der Waals surface area contributed by atoms with E-state index in [2.05, 4.69) is 13.8 Å². The molecule has 0 aromatic carbocycles. The lowest BCUT2D eigenvalue weighted by Gasteiger charge is -2.70. The molecule has 3 aliphatic rings. The second-order valence-corrected chi connectivity index (χ2v) is 5.02. The number of rotatable bonds is 3. The van der Waals surface area contributed by atoms with Gasteiger partial charge in [-0.25, -0.2) is 0 Å². The van der Waals surface area contributed by atoms with Crippen LogP contribution in [0.25, 0.3) is 0 Å². The monoisotopic (exact) mass is 154 g/mol. The first-order valence-electron chi connectivity index (χ1n) is 4.65. The maximum absolute atomic E-state index is 5.45. The maximum Gasteiger partial charge on any atom is 0.0694 e. The molecule has 3 aliphatic carbocycles. The highest BCUT2D eigenvalue weighted by atomic mass is 16.5. The van der Waals surface area contributed by atoms with E-state index in [-0.39, 0.29) is 0 Å². The van der Waals surface area contributed by atoms with Gasteiger partial charge in [-0.2, -0.15) is 0 Å². The molecule has 11 heavy (non-hydrogen) atoms. The van der Waals surface area contributed by atoms with Gasteiger partial charge in [0.1, 0.15) is 0 Å². The van der Waals surface area contributed by atoms with Crippen molar-refractivity contribution in [3.63, 3.8) is 0 Å². The molecule has 3 fully saturated rings. The average molecular weight is 154 g/mol. The summed E-state index contributed by atoms with van der Waals surface area (Å²) in [5.41, 5.74) is 1.08. The normalized spacial score (nSPS) is 46.9. The highest BCUT2D eigenvalue weighted by Crippen LogP contribution is 2.71. The van der Waals surface area contributed by atoms with Crippen LogP contribution in [-0.4, -0.2) is 12.7 Å². The Balaban J connectivity index is 1.85. The Morgan fingerprint density at radius 2 is 1.82 bits per heavy atom. The van der Waals surface area contributed by atoms with Crippen molar-refractivity contribution in [2.75, 3.05) is 7.11 Å². The minimum absolute atomic E-state index is 0.356. The summed E-state index contributed by atoms with van der Waals surface area (Å²) in [6.45, 7) is 4.64. The molecule has 0 saturated heterocycles. The van der Waals surface area contributed by atoms with Crippen molar-refractivity contribution < 1.29 is 4.74 Å². The van der Waals surface area contributed by atoms with Crippen LogP contribution in [0.2, 0.25) is 0 Å². The second-order valence-electron chi connectivity index (χ2n) is 5.02. The van der Waals surface area contributed by atoms with E-state index in [1.54, 1.807) is 0 Å². The molecule has 0 aromatic heterocycles. The lowest BCUT2D eigenvalue weighted by molar-refractivity contribution is -0.279. The van der Waals surface area contributed by atoms with E-state index >= 15 is 0 Å². The molecule has 0 aliphatic heterocycles. The molecule has 0 amide bonds. The van der Waals surface area contributed by atoms with Crippen molar-refractivity contribution in [3.05, 3.63) is 0 Å². The van der Waals surface area contributed by atoms with E-state index in [0.29, 0.717) is 5.60 Å². The van der Waals surface area contributed by atoms with Crippen LogP contribution in [0.5, 0.6) is 0 Å². The lowest BCUT2D eigenvalue weighted by atomic mass is 9.39. The molecule has 0 N–H and O–H groups in total. The maximum atomic E-state index is 5.45. The van der Waals surface area contributed by atoms with Gasteiger partial charge in [-0.15, -0.1) is 0 Å². The van der Waals surface area contributed by atoms with Crippen LogP contribution in [0.4, 0.5) is 0 Å². The molecular weight excluding hydrogens is 136 g/mol. The van der Waals surface area contributed by atoms with E-state index in [1.807, 2.05) is 7.11 Å². The largest absolute Gasteiger partial charge is 0.378 e. The topological polar surface area (TPSA) is 9.23 Å². The first-order valence-corrected chi connectivity index (χ1v) is 4.65. The molecule has 2 bridgehead atoms. The van der Waals surface area contributed by atoms with Gasteiger partial charge in [0.15, 0.2) is 0 Å². The predicted molar refractivity (Wildman–Crippen MR) is 45.5 cm³/mol. The van der Waals surface area contributed by atoms with Gasteiger partial charge in [-0.05, 0) is 37.0 Å². The van der Waals surface area contributed by atoms with E-state index in [4.69, 9.17) is 4.74 Å². The summed E-state index contributed by atoms with van der Waals surface area (Å²) in [4.78, 5) is 0. The highest BCUT2D eigenvalue weighted by molar-refractivity contribution is 5.19. The number of ether oxygens (including phenoxy) is 1. The van der Waals surface area contributed by atoms with Crippen molar-refractivity contribution in [2.45, 2.75) is 45.1 Å². The summed E-state index contributed by atoms with van der Waals surface area (Å²) in [5, 5.41) is 0. The highest BCUT2D eigenvalue weighted by Gasteiger charge is 2.67. The van der Waals surface area contributed by atoms with Crippen LogP contribution in [-0.2, 0) is 4.74 Å². The van der Waals surface area contributed by atoms with Gasteiger partial charge in [0.2, 0.25) is 0 Å². The Labute approximate surface area is 69.1 Å². The SMILES string of the molecule is COC12CC(CC(C)C)(C1)C2. The fraction of sp³-hybridized carbons (Fsp3) is 1.00. The number of hydrogen-bond acceptors (Lipinski definition) is 1. The molecule has 0 spiro atoms. The zero-order valence-corrected chi connectivity index (χ0v) is 7.81. The molecular formula is C10H18O. The van der Waals surface area contributed by atoms with Gasteiger partial charge in [0.25, 0.3) is 0 Å². The standard InChI is InChI=1S/C10H18O/c1-8(2)4-9-5-10(6-9,7-9)11-3/h8H,4-7H2,1-3H3. The molecule has 0 atom stereocenters. The zero-order valence-electron chi connectivity index (χ0n) is 7.81. The van der Waals surface area contributed by atoms with E-state index in [1.165, 1.54) is 25.7 Å². The quantitative estimate of drug-likeness (QED) is 0.607. The smallest absolute Gasteiger partial charge is 0.0694 e. The van der Waals surface area contributed by atoms with Crippen molar-refractivity contribution in [2.24, 2.45) is 11.3 Å². The van der Waals surface area contributed by atoms with E-state index in [9.17, 15) is 0 Å². The Kier molecular flexibility index (Phi) is 1.39. The Morgan fingerprint density at radius 3 is 2.18 bits per heavy atom. The summed E-state index contributed by atoms with van der Waals surface area (Å²) in [6, 6.07) is 0. The third kappa shape index (κ3) is 0.936. The molecule has 0 heterocycles. The minimum atomic E-state index is 0.356. The van der Waals surface area contributed by atoms with E-state index < -0.39 is 0 Å². The Bertz CT molecular complexity index is 152. The molecule has 1 heteroatoms. The van der Waals surface area contributed by atoms with Crippen LogP contribution >= 0.6 is 0 Å². The minimum Gasteiger partial charge on any atom is -0.378 e. The first-order chi connectivity index (χ1) is 5.10. The van der Waals surface area contributed by atoms with Crippen LogP contribution in [0.1, 0.15) is 39.5 Å². The van der Waals surface area contributed by atoms with Gasteiger partial charge in [0.05, 0.1) is 5.60 Å². The number of hydrogen-bond donors (Lipinski definition) is 0. The van der Waals surface area contributed by atoms with Crippen LogP contribution in [0.15, 0.2) is 0 Å². The fourth-order valence-corrected chi connectivity index (χ4v) is 3.19. The molecule has 0 radical (unpaired) electrons. The Morgan fingerprint density at radius 1 is 1.27 bits per heavy atom. The third-order valence-electron chi connectivity index (χ3n) is 3.37. The van der Waals surface area contributed by atoms with Crippen LogP contribution in [0.3, 0.4) is 0 Å². The number of methoxy groups -OCH3 is 1. The third-order valence-corrected chi connectivity index (χ3v) is 3.37.